The highest BCUT2D eigenvalue weighted by Crippen LogP contribution is 2.30. The molecule has 10 heteroatoms. The van der Waals surface area contributed by atoms with Crippen molar-refractivity contribution in [1.29, 1.82) is 0 Å². The minimum absolute atomic E-state index is 0.105. The smallest absolute Gasteiger partial charge is 0.305 e. The van der Waals surface area contributed by atoms with E-state index in [0.29, 0.717) is 0 Å². The molecule has 0 aromatic heterocycles. The van der Waals surface area contributed by atoms with Crippen LogP contribution in [0.2, 0.25) is 0 Å². The first-order valence-corrected chi connectivity index (χ1v) is 9.63. The molecule has 1 aromatic carbocycles. The summed E-state index contributed by atoms with van der Waals surface area (Å²) in [5.41, 5.74) is 0.821. The van der Waals surface area contributed by atoms with Gasteiger partial charge in [-0.2, -0.15) is 0 Å². The van der Waals surface area contributed by atoms with Gasteiger partial charge < -0.3 is 28.4 Å². The van der Waals surface area contributed by atoms with Gasteiger partial charge in [0.2, 0.25) is 12.4 Å². The lowest BCUT2D eigenvalue weighted by Crippen LogP contribution is -2.62. The van der Waals surface area contributed by atoms with Crippen molar-refractivity contribution in [3.05, 3.63) is 35.9 Å². The van der Waals surface area contributed by atoms with Crippen molar-refractivity contribution in [2.45, 2.75) is 65.0 Å². The van der Waals surface area contributed by atoms with E-state index in [2.05, 4.69) is 0 Å². The maximum absolute atomic E-state index is 11.8. The number of carbonyl (C=O) groups excluding carboxylic acids is 4. The van der Waals surface area contributed by atoms with Crippen LogP contribution in [0.3, 0.4) is 0 Å². The van der Waals surface area contributed by atoms with Gasteiger partial charge in [-0.1, -0.05) is 30.3 Å². The number of hydrogen-bond donors (Lipinski definition) is 0. The Morgan fingerprint density at radius 1 is 0.774 bits per heavy atom. The number of benzene rings is 1. The highest BCUT2D eigenvalue weighted by Gasteiger charge is 2.52. The standard InChI is InChI=1S/C21H26O10/c1-12(22)26-11-17-18(27-10-16-8-6-5-7-9-16)19(28-13(2)23)20(29-14(3)24)21(31-17)30-15(4)25/h5-9,17-21H,10-11H2,1-4H3/t17-,18+,19+,20-,21?/m0/s1. The summed E-state index contributed by atoms with van der Waals surface area (Å²) < 4.78 is 32.6. The van der Waals surface area contributed by atoms with Crippen LogP contribution in [0.15, 0.2) is 30.3 Å². The Balaban J connectivity index is 2.37. The van der Waals surface area contributed by atoms with Crippen LogP contribution in [0.5, 0.6) is 0 Å². The third-order valence-electron chi connectivity index (χ3n) is 4.21. The first-order chi connectivity index (χ1) is 14.7. The van der Waals surface area contributed by atoms with Gasteiger partial charge in [-0.3, -0.25) is 19.2 Å². The van der Waals surface area contributed by atoms with Gasteiger partial charge in [0.15, 0.2) is 6.10 Å². The summed E-state index contributed by atoms with van der Waals surface area (Å²) in [5, 5.41) is 0. The van der Waals surface area contributed by atoms with Crippen LogP contribution in [0.4, 0.5) is 0 Å². The number of rotatable bonds is 8. The Morgan fingerprint density at radius 2 is 1.35 bits per heavy atom. The summed E-state index contributed by atoms with van der Waals surface area (Å²) in [6, 6.07) is 9.16. The average Bonchev–Trinajstić information content (AvgIpc) is 2.67. The first-order valence-electron chi connectivity index (χ1n) is 9.63. The van der Waals surface area contributed by atoms with Gasteiger partial charge in [0, 0.05) is 27.7 Å². The molecule has 2 rings (SSSR count). The molecule has 0 spiro atoms. The maximum atomic E-state index is 11.8. The molecule has 5 atom stereocenters. The van der Waals surface area contributed by atoms with Crippen molar-refractivity contribution in [1.82, 2.24) is 0 Å². The molecule has 1 saturated heterocycles. The summed E-state index contributed by atoms with van der Waals surface area (Å²) in [4.78, 5) is 46.4. The van der Waals surface area contributed by atoms with E-state index in [-0.39, 0.29) is 13.2 Å². The second-order valence-electron chi connectivity index (χ2n) is 6.86. The summed E-state index contributed by atoms with van der Waals surface area (Å²) in [5.74, 6) is -2.66. The molecule has 0 amide bonds. The van der Waals surface area contributed by atoms with Crippen LogP contribution in [-0.4, -0.2) is 61.2 Å². The molecule has 1 fully saturated rings. The second-order valence-corrected chi connectivity index (χ2v) is 6.86. The molecule has 170 valence electrons. The van der Waals surface area contributed by atoms with E-state index in [1.54, 1.807) is 0 Å². The molecule has 1 unspecified atom stereocenters. The predicted molar refractivity (Wildman–Crippen MR) is 103 cm³/mol. The normalized spacial score (nSPS) is 25.2. The number of ether oxygens (including phenoxy) is 6. The van der Waals surface area contributed by atoms with Crippen LogP contribution in [0.25, 0.3) is 0 Å². The summed E-state index contributed by atoms with van der Waals surface area (Å²) in [6.07, 6.45) is -5.86. The topological polar surface area (TPSA) is 124 Å². The Labute approximate surface area is 179 Å². The van der Waals surface area contributed by atoms with Crippen LogP contribution in [0, 0.1) is 0 Å². The molecule has 0 N–H and O–H groups in total. The van der Waals surface area contributed by atoms with Gasteiger partial charge in [0.1, 0.15) is 18.8 Å². The number of esters is 4. The van der Waals surface area contributed by atoms with Gasteiger partial charge in [-0.05, 0) is 5.56 Å². The zero-order valence-electron chi connectivity index (χ0n) is 17.8. The van der Waals surface area contributed by atoms with Crippen molar-refractivity contribution in [3.63, 3.8) is 0 Å². The van der Waals surface area contributed by atoms with Gasteiger partial charge in [-0.25, -0.2) is 0 Å². The summed E-state index contributed by atoms with van der Waals surface area (Å²) >= 11 is 0. The largest absolute Gasteiger partial charge is 0.463 e. The minimum atomic E-state index is -1.40. The Bertz CT molecular complexity index is 778. The van der Waals surface area contributed by atoms with Crippen LogP contribution in [0.1, 0.15) is 33.3 Å². The molecule has 0 aliphatic carbocycles. The molecule has 31 heavy (non-hydrogen) atoms. The van der Waals surface area contributed by atoms with E-state index < -0.39 is 54.6 Å². The monoisotopic (exact) mass is 438 g/mol. The second kappa shape index (κ2) is 11.4. The Morgan fingerprint density at radius 3 is 1.90 bits per heavy atom. The number of hydrogen-bond acceptors (Lipinski definition) is 10. The zero-order valence-corrected chi connectivity index (χ0v) is 17.8. The molecular formula is C21H26O10. The highest BCUT2D eigenvalue weighted by molar-refractivity contribution is 5.68. The van der Waals surface area contributed by atoms with E-state index in [1.165, 1.54) is 13.8 Å². The fraction of sp³-hybridized carbons (Fsp3) is 0.524. The molecule has 10 nitrogen and oxygen atoms in total. The molecule has 1 aliphatic rings. The fourth-order valence-corrected chi connectivity index (χ4v) is 3.08. The van der Waals surface area contributed by atoms with E-state index in [9.17, 15) is 19.2 Å². The SMILES string of the molecule is CC(=O)OC[C@@H]1OC(OC(C)=O)[C@@H](OC(C)=O)[C@H](OC(C)=O)[C@@H]1OCc1ccccc1. The lowest BCUT2D eigenvalue weighted by atomic mass is 9.98. The van der Waals surface area contributed by atoms with E-state index >= 15 is 0 Å². The molecule has 0 bridgehead atoms. The third kappa shape index (κ3) is 7.65. The summed E-state index contributed by atoms with van der Waals surface area (Å²) in [6.45, 7) is 4.54. The van der Waals surface area contributed by atoms with Gasteiger partial charge in [-0.15, -0.1) is 0 Å². The quantitative estimate of drug-likeness (QED) is 0.433. The van der Waals surface area contributed by atoms with Crippen LogP contribution >= 0.6 is 0 Å². The van der Waals surface area contributed by atoms with E-state index in [1.807, 2.05) is 30.3 Å². The lowest BCUT2D eigenvalue weighted by Gasteiger charge is -2.44. The van der Waals surface area contributed by atoms with Crippen molar-refractivity contribution in [2.24, 2.45) is 0 Å². The molecule has 0 radical (unpaired) electrons. The van der Waals surface area contributed by atoms with Crippen LogP contribution in [-0.2, 0) is 54.2 Å². The van der Waals surface area contributed by atoms with Crippen molar-refractivity contribution >= 4 is 23.9 Å². The Hall–Kier alpha value is -2.98. The van der Waals surface area contributed by atoms with E-state index in [4.69, 9.17) is 28.4 Å². The third-order valence-corrected chi connectivity index (χ3v) is 4.21. The minimum Gasteiger partial charge on any atom is -0.463 e. The van der Waals surface area contributed by atoms with Gasteiger partial charge >= 0.3 is 23.9 Å². The molecule has 0 saturated carbocycles. The number of carbonyl (C=O) groups is 4. The molecule has 1 aliphatic heterocycles. The summed E-state index contributed by atoms with van der Waals surface area (Å²) in [7, 11) is 0. The molecule has 1 aromatic rings. The molecular weight excluding hydrogens is 412 g/mol. The fourth-order valence-electron chi connectivity index (χ4n) is 3.08. The Kier molecular flexibility index (Phi) is 8.95. The zero-order chi connectivity index (χ0) is 23.0. The lowest BCUT2D eigenvalue weighted by molar-refractivity contribution is -0.305. The van der Waals surface area contributed by atoms with E-state index in [0.717, 1.165) is 19.4 Å². The van der Waals surface area contributed by atoms with Crippen molar-refractivity contribution < 1.29 is 47.6 Å². The van der Waals surface area contributed by atoms with Gasteiger partial charge in [0.25, 0.3) is 0 Å². The predicted octanol–water partition coefficient (Wildman–Crippen LogP) is 1.29. The first kappa shape index (κ1) is 24.3. The highest BCUT2D eigenvalue weighted by atomic mass is 16.7. The van der Waals surface area contributed by atoms with Crippen LogP contribution < -0.4 is 0 Å². The maximum Gasteiger partial charge on any atom is 0.305 e. The van der Waals surface area contributed by atoms with Crippen molar-refractivity contribution in [3.8, 4) is 0 Å². The van der Waals surface area contributed by atoms with Crippen molar-refractivity contribution in [2.75, 3.05) is 6.61 Å². The molecule has 1 heterocycles. The van der Waals surface area contributed by atoms with Gasteiger partial charge in [0.05, 0.1) is 6.61 Å². The average molecular weight is 438 g/mol.